The molecule has 0 radical (unpaired) electrons. The largest absolute Gasteiger partial charge is 0.508 e. The van der Waals surface area contributed by atoms with Crippen LogP contribution in [0, 0.1) is 0 Å². The molecular formula is C9H11ClO4S. The van der Waals surface area contributed by atoms with Crippen LogP contribution in [-0.4, -0.2) is 25.2 Å². The minimum Gasteiger partial charge on any atom is -0.508 e. The molecule has 0 saturated carbocycles. The van der Waals surface area contributed by atoms with Crippen LogP contribution in [0.4, 0.5) is 0 Å². The lowest BCUT2D eigenvalue weighted by Gasteiger charge is -2.05. The predicted octanol–water partition coefficient (Wildman–Crippen LogP) is 1.73. The summed E-state index contributed by atoms with van der Waals surface area (Å²) < 4.78 is 27.4. The van der Waals surface area contributed by atoms with E-state index in [0.717, 1.165) is 0 Å². The standard InChI is InChI=1S/C9H11ClO4S/c10-5-2-6-15(12,13)14-9-4-1-3-8(11)7-9/h1,3-4,7,11H,2,5-6H2. The van der Waals surface area contributed by atoms with E-state index < -0.39 is 10.1 Å². The molecule has 0 fully saturated rings. The molecular weight excluding hydrogens is 240 g/mol. The summed E-state index contributed by atoms with van der Waals surface area (Å²) in [5.41, 5.74) is 0. The van der Waals surface area contributed by atoms with Gasteiger partial charge in [0.25, 0.3) is 0 Å². The van der Waals surface area contributed by atoms with E-state index in [1.54, 1.807) is 0 Å². The molecule has 0 atom stereocenters. The number of aromatic hydroxyl groups is 1. The molecule has 1 N–H and O–H groups in total. The van der Waals surface area contributed by atoms with E-state index in [-0.39, 0.29) is 23.1 Å². The molecule has 4 nitrogen and oxygen atoms in total. The van der Waals surface area contributed by atoms with Crippen molar-refractivity contribution in [1.29, 1.82) is 0 Å². The molecule has 1 rings (SSSR count). The Morgan fingerprint density at radius 1 is 1.40 bits per heavy atom. The number of alkyl halides is 1. The van der Waals surface area contributed by atoms with Gasteiger partial charge in [0.05, 0.1) is 5.75 Å². The lowest BCUT2D eigenvalue weighted by molar-refractivity contribution is 0.463. The molecule has 0 unspecified atom stereocenters. The average Bonchev–Trinajstić information content (AvgIpc) is 2.14. The van der Waals surface area contributed by atoms with Crippen molar-refractivity contribution in [2.24, 2.45) is 0 Å². The fourth-order valence-corrected chi connectivity index (χ4v) is 2.23. The molecule has 0 aromatic heterocycles. The number of rotatable bonds is 5. The molecule has 0 aliphatic carbocycles. The van der Waals surface area contributed by atoms with E-state index in [1.807, 2.05) is 0 Å². The van der Waals surface area contributed by atoms with Crippen LogP contribution >= 0.6 is 11.6 Å². The van der Waals surface area contributed by atoms with E-state index in [4.69, 9.17) is 20.9 Å². The summed E-state index contributed by atoms with van der Waals surface area (Å²) in [6.07, 6.45) is 0.336. The van der Waals surface area contributed by atoms with Gasteiger partial charge in [0.2, 0.25) is 0 Å². The van der Waals surface area contributed by atoms with Gasteiger partial charge in [-0.1, -0.05) is 6.07 Å². The molecule has 84 valence electrons. The van der Waals surface area contributed by atoms with Gasteiger partial charge in [-0.25, -0.2) is 0 Å². The fourth-order valence-electron chi connectivity index (χ4n) is 0.955. The lowest BCUT2D eigenvalue weighted by atomic mass is 10.3. The maximum Gasteiger partial charge on any atom is 0.309 e. The van der Waals surface area contributed by atoms with Gasteiger partial charge in [-0.15, -0.1) is 11.6 Å². The van der Waals surface area contributed by atoms with Crippen LogP contribution in [0.3, 0.4) is 0 Å². The zero-order valence-electron chi connectivity index (χ0n) is 7.89. The second-order valence-electron chi connectivity index (χ2n) is 2.89. The summed E-state index contributed by atoms with van der Waals surface area (Å²) in [5, 5.41) is 9.09. The normalized spacial score (nSPS) is 11.3. The first-order chi connectivity index (χ1) is 7.03. The maximum atomic E-state index is 11.3. The summed E-state index contributed by atoms with van der Waals surface area (Å²) in [6.45, 7) is 0. The maximum absolute atomic E-state index is 11.3. The van der Waals surface area contributed by atoms with Gasteiger partial charge in [-0.2, -0.15) is 8.42 Å². The van der Waals surface area contributed by atoms with Gasteiger partial charge in [-0.05, 0) is 18.6 Å². The monoisotopic (exact) mass is 250 g/mol. The van der Waals surface area contributed by atoms with Crippen LogP contribution in [0.15, 0.2) is 24.3 Å². The molecule has 0 saturated heterocycles. The van der Waals surface area contributed by atoms with Crippen molar-refractivity contribution in [1.82, 2.24) is 0 Å². The highest BCUT2D eigenvalue weighted by atomic mass is 35.5. The molecule has 1 aromatic rings. The second-order valence-corrected chi connectivity index (χ2v) is 4.95. The van der Waals surface area contributed by atoms with E-state index in [0.29, 0.717) is 6.42 Å². The van der Waals surface area contributed by atoms with E-state index >= 15 is 0 Å². The van der Waals surface area contributed by atoms with E-state index in [1.165, 1.54) is 24.3 Å². The van der Waals surface area contributed by atoms with Crippen molar-refractivity contribution in [2.75, 3.05) is 11.6 Å². The Morgan fingerprint density at radius 2 is 2.13 bits per heavy atom. The Bertz CT molecular complexity index is 416. The Kier molecular flexibility index (Phi) is 4.23. The minimum absolute atomic E-state index is 0.0416. The second kappa shape index (κ2) is 5.23. The molecule has 0 aliphatic rings. The highest BCUT2D eigenvalue weighted by Crippen LogP contribution is 2.19. The predicted molar refractivity (Wildman–Crippen MR) is 57.9 cm³/mol. The third-order valence-electron chi connectivity index (χ3n) is 1.57. The molecule has 15 heavy (non-hydrogen) atoms. The van der Waals surface area contributed by atoms with Crippen molar-refractivity contribution in [3.63, 3.8) is 0 Å². The number of hydrogen-bond acceptors (Lipinski definition) is 4. The van der Waals surface area contributed by atoms with Gasteiger partial charge in [0.15, 0.2) is 0 Å². The van der Waals surface area contributed by atoms with E-state index in [2.05, 4.69) is 0 Å². The molecule has 0 aliphatic heterocycles. The summed E-state index contributed by atoms with van der Waals surface area (Å²) in [7, 11) is -3.61. The van der Waals surface area contributed by atoms with Gasteiger partial charge >= 0.3 is 10.1 Å². The van der Waals surface area contributed by atoms with Gasteiger partial charge in [0, 0.05) is 11.9 Å². The highest BCUT2D eigenvalue weighted by molar-refractivity contribution is 7.87. The number of benzene rings is 1. The van der Waals surface area contributed by atoms with Crippen LogP contribution in [0.1, 0.15) is 6.42 Å². The molecule has 0 heterocycles. The van der Waals surface area contributed by atoms with Crippen LogP contribution < -0.4 is 4.18 Å². The molecule has 1 aromatic carbocycles. The van der Waals surface area contributed by atoms with E-state index in [9.17, 15) is 8.42 Å². The molecule has 6 heteroatoms. The lowest BCUT2D eigenvalue weighted by Crippen LogP contribution is -2.14. The van der Waals surface area contributed by atoms with Gasteiger partial charge in [0.1, 0.15) is 11.5 Å². The molecule has 0 bridgehead atoms. The van der Waals surface area contributed by atoms with Crippen molar-refractivity contribution in [3.8, 4) is 11.5 Å². The van der Waals surface area contributed by atoms with Gasteiger partial charge in [-0.3, -0.25) is 0 Å². The van der Waals surface area contributed by atoms with Gasteiger partial charge < -0.3 is 9.29 Å². The van der Waals surface area contributed by atoms with Crippen LogP contribution in [0.2, 0.25) is 0 Å². The first-order valence-electron chi connectivity index (χ1n) is 4.31. The van der Waals surface area contributed by atoms with Crippen molar-refractivity contribution in [2.45, 2.75) is 6.42 Å². The number of phenols is 1. The Morgan fingerprint density at radius 3 is 2.73 bits per heavy atom. The van der Waals surface area contributed by atoms with Crippen LogP contribution in [0.5, 0.6) is 11.5 Å². The summed E-state index contributed by atoms with van der Waals surface area (Å²) in [4.78, 5) is 0. The first kappa shape index (κ1) is 12.1. The van der Waals surface area contributed by atoms with Crippen molar-refractivity contribution >= 4 is 21.7 Å². The third kappa shape index (κ3) is 4.40. The quantitative estimate of drug-likeness (QED) is 0.639. The third-order valence-corrected chi connectivity index (χ3v) is 3.07. The minimum atomic E-state index is -3.61. The smallest absolute Gasteiger partial charge is 0.309 e. The van der Waals surface area contributed by atoms with Crippen LogP contribution in [0.25, 0.3) is 0 Å². The zero-order valence-corrected chi connectivity index (χ0v) is 9.46. The highest BCUT2D eigenvalue weighted by Gasteiger charge is 2.12. The SMILES string of the molecule is O=S(=O)(CCCCl)Oc1cccc(O)c1. The van der Waals surface area contributed by atoms with Crippen molar-refractivity contribution < 1.29 is 17.7 Å². The Labute approximate surface area is 93.6 Å². The van der Waals surface area contributed by atoms with Crippen LogP contribution in [-0.2, 0) is 10.1 Å². The summed E-state index contributed by atoms with van der Waals surface area (Å²) in [6, 6.07) is 5.62. The average molecular weight is 251 g/mol. The summed E-state index contributed by atoms with van der Waals surface area (Å²) in [5.74, 6) is 0.194. The fraction of sp³-hybridized carbons (Fsp3) is 0.333. The number of halogens is 1. The number of phenolic OH excluding ortho intramolecular Hbond substituents is 1. The Balaban J connectivity index is 2.69. The Hall–Kier alpha value is -0.940. The number of hydrogen-bond donors (Lipinski definition) is 1. The zero-order chi connectivity index (χ0) is 11.3. The molecule has 0 amide bonds. The molecule has 0 spiro atoms. The van der Waals surface area contributed by atoms with Crippen molar-refractivity contribution in [3.05, 3.63) is 24.3 Å². The summed E-state index contributed by atoms with van der Waals surface area (Å²) >= 11 is 5.38. The first-order valence-corrected chi connectivity index (χ1v) is 6.42. The topological polar surface area (TPSA) is 63.6 Å².